The second kappa shape index (κ2) is 8.45. The van der Waals surface area contributed by atoms with Crippen molar-refractivity contribution in [1.82, 2.24) is 25.0 Å². The molecule has 0 spiro atoms. The molecule has 0 radical (unpaired) electrons. The largest absolute Gasteiger partial charge is 0.349 e. The highest BCUT2D eigenvalue weighted by Gasteiger charge is 2.23. The molecule has 0 aliphatic carbocycles. The highest BCUT2D eigenvalue weighted by Crippen LogP contribution is 2.17. The minimum absolute atomic E-state index is 0.00256. The molecule has 1 N–H and O–H groups in total. The van der Waals surface area contributed by atoms with Crippen molar-refractivity contribution in [2.24, 2.45) is 0 Å². The fourth-order valence-electron chi connectivity index (χ4n) is 3.51. The molecule has 0 saturated carbocycles. The van der Waals surface area contributed by atoms with Gasteiger partial charge in [0.05, 0.1) is 11.8 Å². The molecule has 6 heteroatoms. The Morgan fingerprint density at radius 1 is 1.35 bits per heavy atom. The van der Waals surface area contributed by atoms with E-state index >= 15 is 0 Å². The van der Waals surface area contributed by atoms with Crippen LogP contribution in [-0.4, -0.2) is 44.7 Å². The Kier molecular flexibility index (Phi) is 6.04. The van der Waals surface area contributed by atoms with Gasteiger partial charge in [0, 0.05) is 49.8 Å². The predicted molar refractivity (Wildman–Crippen MR) is 102 cm³/mol. The van der Waals surface area contributed by atoms with E-state index in [0.29, 0.717) is 11.6 Å². The summed E-state index contributed by atoms with van der Waals surface area (Å²) in [7, 11) is 0. The van der Waals surface area contributed by atoms with Crippen molar-refractivity contribution >= 4 is 5.91 Å². The molecule has 6 nitrogen and oxygen atoms in total. The molecule has 1 saturated heterocycles. The molecule has 1 atom stereocenters. The van der Waals surface area contributed by atoms with Crippen LogP contribution in [0.5, 0.6) is 0 Å². The lowest BCUT2D eigenvalue weighted by atomic mass is 10.0. The third kappa shape index (κ3) is 4.30. The van der Waals surface area contributed by atoms with Gasteiger partial charge < -0.3 is 5.32 Å². The topological polar surface area (TPSA) is 63.1 Å². The smallest absolute Gasteiger partial charge is 0.254 e. The third-order valence-corrected chi connectivity index (χ3v) is 5.35. The monoisotopic (exact) mass is 355 g/mol. The van der Waals surface area contributed by atoms with Gasteiger partial charge in [-0.25, -0.2) is 0 Å². The number of hydrogen-bond acceptors (Lipinski definition) is 4. The first-order valence-electron chi connectivity index (χ1n) is 9.54. The summed E-state index contributed by atoms with van der Waals surface area (Å²) in [6.07, 6.45) is 8.38. The summed E-state index contributed by atoms with van der Waals surface area (Å²) >= 11 is 0. The van der Waals surface area contributed by atoms with Crippen LogP contribution in [0.1, 0.15) is 60.8 Å². The van der Waals surface area contributed by atoms with Crippen molar-refractivity contribution in [3.63, 3.8) is 0 Å². The molecule has 2 aromatic heterocycles. The van der Waals surface area contributed by atoms with E-state index in [0.717, 1.165) is 44.6 Å². The number of rotatable bonds is 6. The van der Waals surface area contributed by atoms with Crippen LogP contribution in [0.2, 0.25) is 0 Å². The minimum Gasteiger partial charge on any atom is -0.349 e. The Labute approximate surface area is 155 Å². The summed E-state index contributed by atoms with van der Waals surface area (Å²) in [4.78, 5) is 19.2. The fraction of sp³-hybridized carbons (Fsp3) is 0.550. The Morgan fingerprint density at radius 2 is 2.12 bits per heavy atom. The number of amides is 1. The van der Waals surface area contributed by atoms with Crippen molar-refractivity contribution in [3.05, 3.63) is 47.5 Å². The maximum Gasteiger partial charge on any atom is 0.254 e. The van der Waals surface area contributed by atoms with Crippen LogP contribution in [0.25, 0.3) is 0 Å². The van der Waals surface area contributed by atoms with E-state index in [1.807, 2.05) is 23.9 Å². The first kappa shape index (κ1) is 18.6. The molecule has 0 aromatic carbocycles. The molecular formula is C20H29N5O. The Hall–Kier alpha value is -2.21. The normalized spacial score (nSPS) is 17.2. The maximum absolute atomic E-state index is 12.6. The van der Waals surface area contributed by atoms with Gasteiger partial charge >= 0.3 is 0 Å². The highest BCUT2D eigenvalue weighted by atomic mass is 16.1. The number of hydrogen-bond donors (Lipinski definition) is 1. The van der Waals surface area contributed by atoms with E-state index in [-0.39, 0.29) is 11.9 Å². The molecular weight excluding hydrogens is 326 g/mol. The summed E-state index contributed by atoms with van der Waals surface area (Å²) in [5.41, 5.74) is 2.89. The number of carbonyl (C=O) groups is 1. The fourth-order valence-corrected chi connectivity index (χ4v) is 3.51. The average Bonchev–Trinajstić information content (AvgIpc) is 3.05. The van der Waals surface area contributed by atoms with Crippen LogP contribution < -0.4 is 5.32 Å². The lowest BCUT2D eigenvalue weighted by Gasteiger charge is -2.32. The lowest BCUT2D eigenvalue weighted by molar-refractivity contribution is 0.0908. The van der Waals surface area contributed by atoms with Gasteiger partial charge in [-0.1, -0.05) is 13.0 Å². The van der Waals surface area contributed by atoms with E-state index in [1.165, 1.54) is 5.56 Å². The van der Waals surface area contributed by atoms with Crippen molar-refractivity contribution in [2.75, 3.05) is 13.1 Å². The number of aromatic nitrogens is 3. The van der Waals surface area contributed by atoms with Crippen LogP contribution in [0.4, 0.5) is 0 Å². The van der Waals surface area contributed by atoms with Crippen molar-refractivity contribution < 1.29 is 4.79 Å². The highest BCUT2D eigenvalue weighted by molar-refractivity contribution is 5.95. The Balaban J connectivity index is 1.51. The van der Waals surface area contributed by atoms with Crippen LogP contribution in [0, 0.1) is 6.92 Å². The minimum atomic E-state index is 0.00256. The molecule has 26 heavy (non-hydrogen) atoms. The zero-order valence-corrected chi connectivity index (χ0v) is 16.0. The van der Waals surface area contributed by atoms with Crippen LogP contribution in [0.15, 0.2) is 30.7 Å². The molecule has 1 amide bonds. The number of likely N-dealkylation sites (tertiary alicyclic amines) is 1. The first-order chi connectivity index (χ1) is 12.6. The zero-order chi connectivity index (χ0) is 18.5. The molecule has 2 aromatic rings. The SMILES string of the molecule is CC[C@@H](C)n1ncc(C(=O)NC2CCN(Cc3cccnc3)CC2)c1C. The Bertz CT molecular complexity index is 719. The van der Waals surface area contributed by atoms with Crippen molar-refractivity contribution in [2.45, 2.75) is 58.7 Å². The van der Waals surface area contributed by atoms with Crippen LogP contribution in [-0.2, 0) is 6.54 Å². The van der Waals surface area contributed by atoms with Crippen molar-refractivity contribution in [3.8, 4) is 0 Å². The molecule has 0 unspecified atom stereocenters. The van der Waals surface area contributed by atoms with Crippen LogP contribution in [0.3, 0.4) is 0 Å². The number of carbonyl (C=O) groups excluding carboxylic acids is 1. The standard InChI is InChI=1S/C20H29N5O/c1-4-15(2)25-16(3)19(13-22-25)20(26)23-18-7-10-24(11-8-18)14-17-6-5-9-21-12-17/h5-6,9,12-13,15,18H,4,7-8,10-11,14H2,1-3H3,(H,23,26)/t15-/m1/s1. The molecule has 140 valence electrons. The second-order valence-electron chi connectivity index (χ2n) is 7.23. The maximum atomic E-state index is 12.6. The molecule has 1 aliphatic heterocycles. The molecule has 1 fully saturated rings. The third-order valence-electron chi connectivity index (χ3n) is 5.35. The summed E-state index contributed by atoms with van der Waals surface area (Å²) in [6, 6.07) is 4.63. The van der Waals surface area contributed by atoms with Gasteiger partial charge in [-0.2, -0.15) is 5.10 Å². The lowest BCUT2D eigenvalue weighted by Crippen LogP contribution is -2.44. The van der Waals surface area contributed by atoms with Crippen LogP contribution >= 0.6 is 0 Å². The van der Waals surface area contributed by atoms with Gasteiger partial charge in [-0.3, -0.25) is 19.4 Å². The summed E-state index contributed by atoms with van der Waals surface area (Å²) in [6.45, 7) is 9.14. The van der Waals surface area contributed by atoms with E-state index in [9.17, 15) is 4.79 Å². The first-order valence-corrected chi connectivity index (χ1v) is 9.54. The summed E-state index contributed by atoms with van der Waals surface area (Å²) in [5.74, 6) is 0.00256. The van der Waals surface area contributed by atoms with Crippen molar-refractivity contribution in [1.29, 1.82) is 0 Å². The molecule has 3 heterocycles. The van der Waals surface area contributed by atoms with Gasteiger partial charge in [0.1, 0.15) is 0 Å². The molecule has 0 bridgehead atoms. The van der Waals surface area contributed by atoms with Gasteiger partial charge in [-0.15, -0.1) is 0 Å². The zero-order valence-electron chi connectivity index (χ0n) is 16.0. The quantitative estimate of drug-likeness (QED) is 0.865. The average molecular weight is 355 g/mol. The second-order valence-corrected chi connectivity index (χ2v) is 7.23. The number of pyridine rings is 1. The van der Waals surface area contributed by atoms with E-state index in [4.69, 9.17) is 0 Å². The van der Waals surface area contributed by atoms with E-state index in [1.54, 1.807) is 12.4 Å². The van der Waals surface area contributed by atoms with E-state index < -0.39 is 0 Å². The number of nitrogens with zero attached hydrogens (tertiary/aromatic N) is 4. The van der Waals surface area contributed by atoms with Gasteiger partial charge in [0.25, 0.3) is 5.91 Å². The van der Waals surface area contributed by atoms with Gasteiger partial charge in [0.15, 0.2) is 0 Å². The molecule has 3 rings (SSSR count). The van der Waals surface area contributed by atoms with Gasteiger partial charge in [-0.05, 0) is 44.7 Å². The Morgan fingerprint density at radius 3 is 2.77 bits per heavy atom. The summed E-state index contributed by atoms with van der Waals surface area (Å²) in [5, 5.41) is 7.60. The van der Waals surface area contributed by atoms with Gasteiger partial charge in [0.2, 0.25) is 0 Å². The predicted octanol–water partition coefficient (Wildman–Crippen LogP) is 2.95. The summed E-state index contributed by atoms with van der Waals surface area (Å²) < 4.78 is 1.95. The number of piperidine rings is 1. The number of nitrogens with one attached hydrogen (secondary N) is 1. The molecule has 1 aliphatic rings. The van der Waals surface area contributed by atoms with E-state index in [2.05, 4.69) is 40.2 Å².